The summed E-state index contributed by atoms with van der Waals surface area (Å²) in [5, 5.41) is 14.9. The molecule has 186 valence electrons. The zero-order valence-electron chi connectivity index (χ0n) is 21.3. The molecule has 0 spiro atoms. The molecule has 0 aliphatic carbocycles. The predicted molar refractivity (Wildman–Crippen MR) is 149 cm³/mol. The van der Waals surface area contributed by atoms with Gasteiger partial charge in [-0.25, -0.2) is 19.4 Å². The van der Waals surface area contributed by atoms with E-state index < -0.39 is 0 Å². The van der Waals surface area contributed by atoms with Gasteiger partial charge >= 0.3 is 6.03 Å². The third-order valence-corrected chi connectivity index (χ3v) is 5.91. The lowest BCUT2D eigenvalue weighted by molar-refractivity contribution is 0.262. The first-order valence-electron chi connectivity index (χ1n) is 12.1. The quantitative estimate of drug-likeness (QED) is 0.251. The maximum atomic E-state index is 12.9. The second-order valence-electron chi connectivity index (χ2n) is 9.94. The van der Waals surface area contributed by atoms with Gasteiger partial charge in [0.1, 0.15) is 18.0 Å². The maximum Gasteiger partial charge on any atom is 0.324 e. The molecule has 37 heavy (non-hydrogen) atoms. The molecule has 5 rings (SSSR count). The molecule has 0 radical (unpaired) electrons. The first kappa shape index (κ1) is 24.0. The summed E-state index contributed by atoms with van der Waals surface area (Å²) in [6.07, 6.45) is 1.54. The molecule has 8 heteroatoms. The van der Waals surface area contributed by atoms with Gasteiger partial charge in [-0.05, 0) is 61.0 Å². The number of carbonyl (C=O) groups excluding carboxylic acids is 1. The number of anilines is 4. The van der Waals surface area contributed by atoms with E-state index in [0.717, 1.165) is 39.4 Å². The van der Waals surface area contributed by atoms with Crippen LogP contribution in [-0.4, -0.2) is 25.8 Å². The van der Waals surface area contributed by atoms with Gasteiger partial charge in [0.25, 0.3) is 0 Å². The Morgan fingerprint density at radius 2 is 1.59 bits per heavy atom. The standard InChI is InChI=1S/C29H29N7O/c1-19-8-7-9-22(16-19)36-26(17-25(35-36)29(2,3)4)34-28(37)33-21-14-12-20(13-15-21)32-27-23-10-5-6-11-24(23)30-18-31-27/h5-18H,1-4H3,(H,30,31,32)(H2,33,34,37). The van der Waals surface area contributed by atoms with E-state index in [1.807, 2.05) is 85.8 Å². The number of urea groups is 1. The monoisotopic (exact) mass is 491 g/mol. The van der Waals surface area contributed by atoms with E-state index in [4.69, 9.17) is 5.10 Å². The van der Waals surface area contributed by atoms with Crippen LogP contribution in [0.4, 0.5) is 27.8 Å². The molecular weight excluding hydrogens is 462 g/mol. The Kier molecular flexibility index (Phi) is 6.31. The molecule has 3 aromatic carbocycles. The Morgan fingerprint density at radius 3 is 2.35 bits per heavy atom. The smallest absolute Gasteiger partial charge is 0.324 e. The fourth-order valence-corrected chi connectivity index (χ4v) is 3.95. The van der Waals surface area contributed by atoms with Crippen LogP contribution in [0.15, 0.2) is 85.2 Å². The molecular formula is C29H29N7O. The summed E-state index contributed by atoms with van der Waals surface area (Å²) >= 11 is 0. The number of nitrogens with zero attached hydrogens (tertiary/aromatic N) is 4. The van der Waals surface area contributed by atoms with Crippen LogP contribution in [0.5, 0.6) is 0 Å². The SMILES string of the molecule is Cc1cccc(-n2nc(C(C)(C)C)cc2NC(=O)Nc2ccc(Nc3ncnc4ccccc34)cc2)c1. The number of aryl methyl sites for hydroxylation is 1. The highest BCUT2D eigenvalue weighted by molar-refractivity contribution is 5.99. The highest BCUT2D eigenvalue weighted by Crippen LogP contribution is 2.27. The van der Waals surface area contributed by atoms with Gasteiger partial charge < -0.3 is 10.6 Å². The van der Waals surface area contributed by atoms with Crippen molar-refractivity contribution in [1.29, 1.82) is 0 Å². The van der Waals surface area contributed by atoms with Crippen LogP contribution in [0.25, 0.3) is 16.6 Å². The lowest BCUT2D eigenvalue weighted by Gasteiger charge is -2.14. The molecule has 0 saturated heterocycles. The van der Waals surface area contributed by atoms with Gasteiger partial charge in [-0.15, -0.1) is 0 Å². The number of hydrogen-bond acceptors (Lipinski definition) is 5. The molecule has 2 amide bonds. The van der Waals surface area contributed by atoms with Crippen molar-refractivity contribution in [2.24, 2.45) is 0 Å². The molecule has 0 bridgehead atoms. The van der Waals surface area contributed by atoms with Gasteiger partial charge in [0.2, 0.25) is 0 Å². The summed E-state index contributed by atoms with van der Waals surface area (Å²) < 4.78 is 1.77. The minimum atomic E-state index is -0.350. The van der Waals surface area contributed by atoms with Crippen LogP contribution in [-0.2, 0) is 5.41 Å². The molecule has 0 aliphatic heterocycles. The van der Waals surface area contributed by atoms with Crippen LogP contribution in [0.1, 0.15) is 32.0 Å². The Labute approximate surface area is 215 Å². The van der Waals surface area contributed by atoms with Crippen LogP contribution in [0.2, 0.25) is 0 Å². The number of fused-ring (bicyclic) bond motifs is 1. The van der Waals surface area contributed by atoms with Crippen molar-refractivity contribution >= 4 is 39.9 Å². The fraction of sp³-hybridized carbons (Fsp3) is 0.172. The van der Waals surface area contributed by atoms with Gasteiger partial charge in [0, 0.05) is 28.2 Å². The average molecular weight is 492 g/mol. The Hall–Kier alpha value is -4.72. The van der Waals surface area contributed by atoms with Crippen molar-refractivity contribution in [1.82, 2.24) is 19.7 Å². The Morgan fingerprint density at radius 1 is 0.838 bits per heavy atom. The third-order valence-electron chi connectivity index (χ3n) is 5.91. The molecule has 0 aliphatic rings. The second kappa shape index (κ2) is 9.73. The number of carbonyl (C=O) groups is 1. The molecule has 0 unspecified atom stereocenters. The zero-order chi connectivity index (χ0) is 26.0. The van der Waals surface area contributed by atoms with Crippen LogP contribution >= 0.6 is 0 Å². The normalized spacial score (nSPS) is 11.4. The van der Waals surface area contributed by atoms with Crippen LogP contribution < -0.4 is 16.0 Å². The largest absolute Gasteiger partial charge is 0.340 e. The number of nitrogens with one attached hydrogen (secondary N) is 3. The van der Waals surface area contributed by atoms with Gasteiger partial charge in [0.15, 0.2) is 0 Å². The molecule has 5 aromatic rings. The van der Waals surface area contributed by atoms with Gasteiger partial charge in [0.05, 0.1) is 16.9 Å². The molecule has 2 heterocycles. The van der Waals surface area contributed by atoms with Crippen LogP contribution in [0, 0.1) is 6.92 Å². The minimum absolute atomic E-state index is 0.167. The van der Waals surface area contributed by atoms with E-state index in [9.17, 15) is 4.79 Å². The Bertz CT molecular complexity index is 1560. The minimum Gasteiger partial charge on any atom is -0.340 e. The van der Waals surface area contributed by atoms with Gasteiger partial charge in [-0.1, -0.05) is 45.0 Å². The summed E-state index contributed by atoms with van der Waals surface area (Å²) in [6, 6.07) is 24.9. The highest BCUT2D eigenvalue weighted by atomic mass is 16.2. The lowest BCUT2D eigenvalue weighted by Crippen LogP contribution is -2.21. The second-order valence-corrected chi connectivity index (χ2v) is 9.94. The lowest BCUT2D eigenvalue weighted by atomic mass is 9.92. The fourth-order valence-electron chi connectivity index (χ4n) is 3.95. The maximum absolute atomic E-state index is 12.9. The van der Waals surface area contributed by atoms with E-state index >= 15 is 0 Å². The number of amides is 2. The number of hydrogen-bond donors (Lipinski definition) is 3. The summed E-state index contributed by atoms with van der Waals surface area (Å²) in [7, 11) is 0. The van der Waals surface area contributed by atoms with Gasteiger partial charge in [-0.3, -0.25) is 5.32 Å². The van der Waals surface area contributed by atoms with E-state index in [0.29, 0.717) is 11.5 Å². The topological polar surface area (TPSA) is 96.8 Å². The first-order chi connectivity index (χ1) is 17.8. The molecule has 0 saturated carbocycles. The number of benzene rings is 3. The predicted octanol–water partition coefficient (Wildman–Crippen LogP) is 6.81. The zero-order valence-corrected chi connectivity index (χ0v) is 21.3. The third kappa shape index (κ3) is 5.43. The molecule has 0 fully saturated rings. The van der Waals surface area contributed by atoms with Crippen molar-refractivity contribution in [3.63, 3.8) is 0 Å². The van der Waals surface area contributed by atoms with E-state index in [1.165, 1.54) is 6.33 Å². The van der Waals surface area contributed by atoms with Crippen molar-refractivity contribution < 1.29 is 4.79 Å². The van der Waals surface area contributed by atoms with Crippen LogP contribution in [0.3, 0.4) is 0 Å². The summed E-state index contributed by atoms with van der Waals surface area (Å²) in [6.45, 7) is 8.32. The van der Waals surface area contributed by atoms with Crippen molar-refractivity contribution in [3.05, 3.63) is 96.4 Å². The number of rotatable bonds is 5. The molecule has 0 atom stereocenters. The van der Waals surface area contributed by atoms with Crippen molar-refractivity contribution in [2.45, 2.75) is 33.1 Å². The Balaban J connectivity index is 1.31. The molecule has 2 aromatic heterocycles. The van der Waals surface area contributed by atoms with E-state index in [1.54, 1.807) is 4.68 Å². The van der Waals surface area contributed by atoms with E-state index in [2.05, 4.69) is 46.7 Å². The van der Waals surface area contributed by atoms with E-state index in [-0.39, 0.29) is 11.4 Å². The average Bonchev–Trinajstić information content (AvgIpc) is 3.30. The summed E-state index contributed by atoms with van der Waals surface area (Å²) in [4.78, 5) is 21.6. The highest BCUT2D eigenvalue weighted by Gasteiger charge is 2.21. The van der Waals surface area contributed by atoms with Crippen molar-refractivity contribution in [3.8, 4) is 5.69 Å². The molecule has 3 N–H and O–H groups in total. The number of para-hydroxylation sites is 1. The van der Waals surface area contributed by atoms with Crippen molar-refractivity contribution in [2.75, 3.05) is 16.0 Å². The summed E-state index contributed by atoms with van der Waals surface area (Å²) in [5.41, 5.74) is 5.10. The molecule has 8 nitrogen and oxygen atoms in total. The first-order valence-corrected chi connectivity index (χ1v) is 12.1. The number of aromatic nitrogens is 4. The van der Waals surface area contributed by atoms with Gasteiger partial charge in [-0.2, -0.15) is 5.10 Å². The summed E-state index contributed by atoms with van der Waals surface area (Å²) in [5.74, 6) is 1.32.